The number of rotatable bonds is 7. The van der Waals surface area contributed by atoms with E-state index in [1.165, 1.54) is 43.3 Å². The molecule has 0 aliphatic carbocycles. The third kappa shape index (κ3) is 4.11. The number of aromatic nitrogens is 3. The summed E-state index contributed by atoms with van der Waals surface area (Å²) in [6.45, 7) is 0. The molecule has 0 radical (unpaired) electrons. The maximum atomic E-state index is 12.5. The molecule has 2 aromatic heterocycles. The zero-order valence-corrected chi connectivity index (χ0v) is 17.0. The summed E-state index contributed by atoms with van der Waals surface area (Å²) >= 11 is 6.19. The van der Waals surface area contributed by atoms with Gasteiger partial charge in [-0.05, 0) is 18.6 Å². The highest BCUT2D eigenvalue weighted by molar-refractivity contribution is 7.89. The normalized spacial score (nSPS) is 12.0. The molecule has 0 unspecified atom stereocenters. The Hall–Kier alpha value is -2.50. The summed E-state index contributed by atoms with van der Waals surface area (Å²) in [7, 11) is -1.36. The quantitative estimate of drug-likeness (QED) is 0.597. The molecule has 3 aromatic rings. The molecule has 2 heterocycles. The summed E-state index contributed by atoms with van der Waals surface area (Å²) in [5, 5.41) is 5.84. The van der Waals surface area contributed by atoms with E-state index in [2.05, 4.69) is 9.97 Å². The number of alkyl halides is 2. The molecule has 0 amide bonds. The molecule has 3 rings (SSSR count). The minimum Gasteiger partial charge on any atom is -0.493 e. The van der Waals surface area contributed by atoms with Gasteiger partial charge in [-0.2, -0.15) is 4.98 Å². The molecule has 0 saturated carbocycles. The number of ether oxygens (including phenoxy) is 2. The summed E-state index contributed by atoms with van der Waals surface area (Å²) in [4.78, 5) is 8.24. The number of hydrogen-bond acceptors (Lipinski definition) is 6. The fourth-order valence-electron chi connectivity index (χ4n) is 2.93. The molecule has 8 nitrogen and oxygen atoms in total. The van der Waals surface area contributed by atoms with E-state index in [1.54, 1.807) is 0 Å². The van der Waals surface area contributed by atoms with Crippen LogP contribution in [0.5, 0.6) is 11.6 Å². The first-order valence-electron chi connectivity index (χ1n) is 8.26. The maximum Gasteiger partial charge on any atom is 0.240 e. The minimum absolute atomic E-state index is 0.0190. The van der Waals surface area contributed by atoms with Gasteiger partial charge in [0.15, 0.2) is 5.75 Å². The van der Waals surface area contributed by atoms with Crippen LogP contribution >= 0.6 is 11.6 Å². The number of methoxy groups -OCH3 is 2. The Morgan fingerprint density at radius 1 is 1.28 bits per heavy atom. The Morgan fingerprint density at radius 3 is 2.59 bits per heavy atom. The first-order chi connectivity index (χ1) is 13.7. The number of aryl methyl sites for hydroxylation is 1. The van der Waals surface area contributed by atoms with Gasteiger partial charge in [0.25, 0.3) is 0 Å². The van der Waals surface area contributed by atoms with Gasteiger partial charge in [-0.1, -0.05) is 11.6 Å². The average molecular weight is 447 g/mol. The van der Waals surface area contributed by atoms with Crippen molar-refractivity contribution in [2.45, 2.75) is 24.2 Å². The lowest BCUT2D eigenvalue weighted by Crippen LogP contribution is -2.11. The second-order valence-corrected chi connectivity index (χ2v) is 7.96. The van der Waals surface area contributed by atoms with Crippen molar-refractivity contribution in [3.05, 3.63) is 35.1 Å². The van der Waals surface area contributed by atoms with Crippen LogP contribution in [0.15, 0.2) is 29.4 Å². The first-order valence-corrected chi connectivity index (χ1v) is 10.2. The Bertz CT molecular complexity index is 1170. The Morgan fingerprint density at radius 2 is 2.00 bits per heavy atom. The fourth-order valence-corrected chi connectivity index (χ4v) is 3.88. The standard InChI is InChI=1S/C17H17ClF2N4O4S/c1-27-15-11(18)5-4-10-12(29(21,25)26)8-24(14(10)15)17-22-7-9(3-6-13(19)20)16(23-17)28-2/h4-5,7-8,13H,3,6H2,1-2H3,(H2,21,25,26). The number of halogens is 3. The molecule has 0 saturated heterocycles. The van der Waals surface area contributed by atoms with E-state index in [-0.39, 0.29) is 51.2 Å². The number of primary sulfonamides is 1. The van der Waals surface area contributed by atoms with Crippen molar-refractivity contribution in [3.8, 4) is 17.6 Å². The summed E-state index contributed by atoms with van der Waals surface area (Å²) in [6, 6.07) is 2.97. The van der Waals surface area contributed by atoms with Crippen molar-refractivity contribution in [1.82, 2.24) is 14.5 Å². The van der Waals surface area contributed by atoms with E-state index in [4.69, 9.17) is 26.2 Å². The van der Waals surface area contributed by atoms with Crippen LogP contribution in [0, 0.1) is 0 Å². The van der Waals surface area contributed by atoms with Gasteiger partial charge in [-0.25, -0.2) is 27.3 Å². The third-order valence-electron chi connectivity index (χ3n) is 4.20. The van der Waals surface area contributed by atoms with Crippen LogP contribution in [0.4, 0.5) is 8.78 Å². The largest absolute Gasteiger partial charge is 0.493 e. The molecule has 2 N–H and O–H groups in total. The molecule has 0 aliphatic heterocycles. The van der Waals surface area contributed by atoms with Crippen LogP contribution in [-0.2, 0) is 16.4 Å². The molecule has 1 aromatic carbocycles. The number of benzene rings is 1. The van der Waals surface area contributed by atoms with Gasteiger partial charge in [0, 0.05) is 29.8 Å². The van der Waals surface area contributed by atoms with Crippen molar-refractivity contribution in [2.75, 3.05) is 14.2 Å². The summed E-state index contributed by atoms with van der Waals surface area (Å²) in [5.41, 5.74) is 0.677. The van der Waals surface area contributed by atoms with Crippen molar-refractivity contribution >= 4 is 32.5 Å². The highest BCUT2D eigenvalue weighted by Gasteiger charge is 2.24. The van der Waals surface area contributed by atoms with Gasteiger partial charge in [0.05, 0.1) is 19.2 Å². The lowest BCUT2D eigenvalue weighted by atomic mass is 10.2. The lowest BCUT2D eigenvalue weighted by molar-refractivity contribution is 0.137. The zero-order chi connectivity index (χ0) is 21.3. The lowest BCUT2D eigenvalue weighted by Gasteiger charge is -2.12. The fraction of sp³-hybridized carbons (Fsp3) is 0.294. The van der Waals surface area contributed by atoms with Crippen LogP contribution in [0.1, 0.15) is 12.0 Å². The Balaban J connectivity index is 2.25. The summed E-state index contributed by atoms with van der Waals surface area (Å²) in [6.07, 6.45) is -0.234. The number of nitrogens with two attached hydrogens (primary N) is 1. The van der Waals surface area contributed by atoms with E-state index in [9.17, 15) is 17.2 Å². The molecule has 0 spiro atoms. The highest BCUT2D eigenvalue weighted by atomic mass is 35.5. The first kappa shape index (κ1) is 21.2. The van der Waals surface area contributed by atoms with E-state index in [1.807, 2.05) is 0 Å². The van der Waals surface area contributed by atoms with Crippen molar-refractivity contribution in [1.29, 1.82) is 0 Å². The molecule has 0 fully saturated rings. The summed E-state index contributed by atoms with van der Waals surface area (Å²) < 4.78 is 61.0. The monoisotopic (exact) mass is 446 g/mol. The SMILES string of the molecule is COc1nc(-n2cc(S(N)(=O)=O)c3ccc(Cl)c(OC)c32)ncc1CCC(F)F. The number of sulfonamides is 1. The molecule has 0 aliphatic rings. The van der Waals surface area contributed by atoms with Crippen LogP contribution in [0.3, 0.4) is 0 Å². The van der Waals surface area contributed by atoms with E-state index >= 15 is 0 Å². The zero-order valence-electron chi connectivity index (χ0n) is 15.4. The number of fused-ring (bicyclic) bond motifs is 1. The van der Waals surface area contributed by atoms with Crippen molar-refractivity contribution in [3.63, 3.8) is 0 Å². The molecule has 12 heteroatoms. The number of nitrogens with zero attached hydrogens (tertiary/aromatic N) is 3. The van der Waals surface area contributed by atoms with Gasteiger partial charge >= 0.3 is 0 Å². The van der Waals surface area contributed by atoms with Crippen LogP contribution in [0.25, 0.3) is 16.9 Å². The van der Waals surface area contributed by atoms with E-state index in [0.29, 0.717) is 5.56 Å². The van der Waals surface area contributed by atoms with E-state index < -0.39 is 16.4 Å². The smallest absolute Gasteiger partial charge is 0.240 e. The summed E-state index contributed by atoms with van der Waals surface area (Å²) in [5.74, 6) is 0.321. The molecule has 29 heavy (non-hydrogen) atoms. The predicted octanol–water partition coefficient (Wildman–Crippen LogP) is 2.94. The Labute approximate surface area is 170 Å². The minimum atomic E-state index is -4.09. The van der Waals surface area contributed by atoms with Gasteiger partial charge in [0.1, 0.15) is 10.4 Å². The molecule has 0 atom stereocenters. The second kappa shape index (κ2) is 8.09. The van der Waals surface area contributed by atoms with Gasteiger partial charge in [-0.15, -0.1) is 0 Å². The molecular formula is C17H17ClF2N4O4S. The topological polar surface area (TPSA) is 109 Å². The number of hydrogen-bond donors (Lipinski definition) is 1. The predicted molar refractivity (Wildman–Crippen MR) is 103 cm³/mol. The third-order valence-corrected chi connectivity index (χ3v) is 5.44. The van der Waals surface area contributed by atoms with Crippen molar-refractivity contribution < 1.29 is 26.7 Å². The highest BCUT2D eigenvalue weighted by Crippen LogP contribution is 2.38. The van der Waals surface area contributed by atoms with Crippen molar-refractivity contribution in [2.24, 2.45) is 5.14 Å². The van der Waals surface area contributed by atoms with Crippen LogP contribution in [0.2, 0.25) is 5.02 Å². The second-order valence-electron chi connectivity index (χ2n) is 6.02. The molecule has 156 valence electrons. The van der Waals surface area contributed by atoms with Gasteiger partial charge in [0.2, 0.25) is 28.3 Å². The molecule has 0 bridgehead atoms. The van der Waals surface area contributed by atoms with Crippen LogP contribution in [-0.4, -0.2) is 43.6 Å². The van der Waals surface area contributed by atoms with Crippen LogP contribution < -0.4 is 14.6 Å². The Kier molecular flexibility index (Phi) is 5.92. The molecular weight excluding hydrogens is 430 g/mol. The average Bonchev–Trinajstić information content (AvgIpc) is 3.06. The van der Waals surface area contributed by atoms with E-state index in [0.717, 1.165) is 0 Å². The van der Waals surface area contributed by atoms with Gasteiger partial charge in [-0.3, -0.25) is 4.57 Å². The maximum absolute atomic E-state index is 12.5. The van der Waals surface area contributed by atoms with Gasteiger partial charge < -0.3 is 9.47 Å².